The summed E-state index contributed by atoms with van der Waals surface area (Å²) in [7, 11) is -3.48. The third kappa shape index (κ3) is 4.26. The highest BCUT2D eigenvalue weighted by Crippen LogP contribution is 2.34. The molecule has 0 aliphatic carbocycles. The molecule has 3 aromatic rings. The molecular formula is C21H19F3N4O2S. The summed E-state index contributed by atoms with van der Waals surface area (Å²) in [4.78, 5) is 0. The number of benzene rings is 2. The standard InChI is InChI=1S/C21H19F3N4O2S/c1-2-31(29,30)28-12-11-16(13-28)25-20-18-6-4-3-5-17(18)19(26-27-20)14-7-9-15(10-8-14)21(22,23)24/h2-10,16H,1,11-13H2,(H,25,27)/t16-/m0/s1. The van der Waals surface area contributed by atoms with Gasteiger partial charge in [0.1, 0.15) is 5.69 Å². The molecule has 1 N–H and O–H groups in total. The lowest BCUT2D eigenvalue weighted by atomic mass is 10.0. The molecule has 2 heterocycles. The van der Waals surface area contributed by atoms with Crippen LogP contribution in [0.4, 0.5) is 19.0 Å². The van der Waals surface area contributed by atoms with Gasteiger partial charge in [-0.2, -0.15) is 17.5 Å². The number of anilines is 1. The van der Waals surface area contributed by atoms with Crippen molar-refractivity contribution in [1.82, 2.24) is 14.5 Å². The molecule has 0 saturated carbocycles. The zero-order chi connectivity index (χ0) is 22.2. The number of halogens is 3. The normalized spacial score (nSPS) is 17.7. The molecule has 1 atom stereocenters. The van der Waals surface area contributed by atoms with Crippen LogP contribution in [0.25, 0.3) is 22.0 Å². The number of aromatic nitrogens is 2. The quantitative estimate of drug-likeness (QED) is 0.631. The van der Waals surface area contributed by atoms with Crippen LogP contribution in [-0.2, 0) is 16.2 Å². The second kappa shape index (κ2) is 7.93. The van der Waals surface area contributed by atoms with E-state index in [9.17, 15) is 21.6 Å². The number of nitrogens with one attached hydrogen (secondary N) is 1. The summed E-state index contributed by atoms with van der Waals surface area (Å²) < 4.78 is 63.9. The minimum atomic E-state index is -4.41. The Morgan fingerprint density at radius 3 is 2.39 bits per heavy atom. The van der Waals surface area contributed by atoms with Gasteiger partial charge in [-0.1, -0.05) is 43.0 Å². The number of hydrogen-bond acceptors (Lipinski definition) is 5. The Balaban J connectivity index is 1.64. The predicted molar refractivity (Wildman–Crippen MR) is 113 cm³/mol. The first-order valence-electron chi connectivity index (χ1n) is 9.51. The molecule has 1 saturated heterocycles. The van der Waals surface area contributed by atoms with Gasteiger partial charge < -0.3 is 5.32 Å². The highest BCUT2D eigenvalue weighted by atomic mass is 32.2. The lowest BCUT2D eigenvalue weighted by Gasteiger charge is -2.17. The van der Waals surface area contributed by atoms with Crippen molar-refractivity contribution in [3.05, 3.63) is 66.1 Å². The molecule has 0 spiro atoms. The van der Waals surface area contributed by atoms with Gasteiger partial charge in [-0.25, -0.2) is 8.42 Å². The van der Waals surface area contributed by atoms with Crippen molar-refractivity contribution in [2.24, 2.45) is 0 Å². The van der Waals surface area contributed by atoms with Gasteiger partial charge in [-0.05, 0) is 18.6 Å². The maximum absolute atomic E-state index is 12.9. The Labute approximate surface area is 177 Å². The van der Waals surface area contributed by atoms with Gasteiger partial charge in [0.15, 0.2) is 5.82 Å². The van der Waals surface area contributed by atoms with E-state index in [4.69, 9.17) is 0 Å². The molecule has 0 amide bonds. The van der Waals surface area contributed by atoms with Crippen molar-refractivity contribution in [2.45, 2.75) is 18.6 Å². The number of nitrogens with zero attached hydrogens (tertiary/aromatic N) is 3. The maximum atomic E-state index is 12.9. The van der Waals surface area contributed by atoms with E-state index in [2.05, 4.69) is 22.1 Å². The van der Waals surface area contributed by atoms with Crippen LogP contribution in [-0.4, -0.2) is 42.1 Å². The fourth-order valence-electron chi connectivity index (χ4n) is 3.62. The van der Waals surface area contributed by atoms with Gasteiger partial charge in [-0.3, -0.25) is 0 Å². The lowest BCUT2D eigenvalue weighted by molar-refractivity contribution is -0.137. The second-order valence-electron chi connectivity index (χ2n) is 7.22. The SMILES string of the molecule is C=CS(=O)(=O)N1CC[C@H](Nc2nnc(-c3ccc(C(F)(F)F)cc3)c3ccccc23)C1. The summed E-state index contributed by atoms with van der Waals surface area (Å²) >= 11 is 0. The molecule has 31 heavy (non-hydrogen) atoms. The zero-order valence-electron chi connectivity index (χ0n) is 16.3. The number of fused-ring (bicyclic) bond motifs is 1. The number of alkyl halides is 3. The molecule has 1 aliphatic heterocycles. The van der Waals surface area contributed by atoms with E-state index in [1.54, 1.807) is 0 Å². The van der Waals surface area contributed by atoms with Crippen molar-refractivity contribution >= 4 is 26.6 Å². The van der Waals surface area contributed by atoms with Crippen LogP contribution in [0.15, 0.2) is 60.5 Å². The summed E-state index contributed by atoms with van der Waals surface area (Å²) in [6.07, 6.45) is -3.81. The summed E-state index contributed by atoms with van der Waals surface area (Å²) in [6, 6.07) is 12.0. The van der Waals surface area contributed by atoms with Crippen LogP contribution in [0, 0.1) is 0 Å². The Kier molecular flexibility index (Phi) is 5.44. The van der Waals surface area contributed by atoms with E-state index in [0.29, 0.717) is 30.0 Å². The smallest absolute Gasteiger partial charge is 0.364 e. The predicted octanol–water partition coefficient (Wildman–Crippen LogP) is 4.28. The first-order valence-corrected chi connectivity index (χ1v) is 11.0. The van der Waals surface area contributed by atoms with Crippen LogP contribution in [0.5, 0.6) is 0 Å². The lowest BCUT2D eigenvalue weighted by Crippen LogP contribution is -2.30. The molecule has 10 heteroatoms. The van der Waals surface area contributed by atoms with Crippen LogP contribution in [0.3, 0.4) is 0 Å². The Hall–Kier alpha value is -2.98. The van der Waals surface area contributed by atoms with E-state index in [-0.39, 0.29) is 12.6 Å². The summed E-state index contributed by atoms with van der Waals surface area (Å²) in [6.45, 7) is 4.01. The molecule has 1 fully saturated rings. The van der Waals surface area contributed by atoms with Crippen LogP contribution < -0.4 is 5.32 Å². The van der Waals surface area contributed by atoms with Crippen molar-refractivity contribution in [3.63, 3.8) is 0 Å². The fraction of sp³-hybridized carbons (Fsp3) is 0.238. The molecule has 4 rings (SSSR count). The molecule has 0 radical (unpaired) electrons. The molecule has 162 valence electrons. The number of hydrogen-bond donors (Lipinski definition) is 1. The topological polar surface area (TPSA) is 75.2 Å². The van der Waals surface area contributed by atoms with Crippen molar-refractivity contribution in [3.8, 4) is 11.3 Å². The van der Waals surface area contributed by atoms with Gasteiger partial charge in [0, 0.05) is 40.9 Å². The van der Waals surface area contributed by atoms with E-state index in [1.807, 2.05) is 24.3 Å². The molecule has 2 aromatic carbocycles. The Morgan fingerprint density at radius 1 is 1.06 bits per heavy atom. The van der Waals surface area contributed by atoms with Gasteiger partial charge in [0.25, 0.3) is 0 Å². The summed E-state index contributed by atoms with van der Waals surface area (Å²) in [5, 5.41) is 14.2. The van der Waals surface area contributed by atoms with Crippen LogP contribution in [0.2, 0.25) is 0 Å². The Bertz CT molecular complexity index is 1230. The van der Waals surface area contributed by atoms with Crippen molar-refractivity contribution < 1.29 is 21.6 Å². The third-order valence-corrected chi connectivity index (χ3v) is 6.71. The number of rotatable bonds is 5. The third-order valence-electron chi connectivity index (χ3n) is 5.24. The molecule has 1 aromatic heterocycles. The van der Waals surface area contributed by atoms with Crippen molar-refractivity contribution in [1.29, 1.82) is 0 Å². The largest absolute Gasteiger partial charge is 0.416 e. The second-order valence-corrected chi connectivity index (χ2v) is 9.10. The average molecular weight is 448 g/mol. The van der Waals surface area contributed by atoms with E-state index < -0.39 is 21.8 Å². The minimum Gasteiger partial charge on any atom is -0.364 e. The summed E-state index contributed by atoms with van der Waals surface area (Å²) in [5.41, 5.74) is 0.261. The molecule has 1 aliphatic rings. The van der Waals surface area contributed by atoms with Gasteiger partial charge in [0.05, 0.1) is 5.56 Å². The first kappa shape index (κ1) is 21.3. The molecular weight excluding hydrogens is 429 g/mol. The average Bonchev–Trinajstić information content (AvgIpc) is 3.23. The zero-order valence-corrected chi connectivity index (χ0v) is 17.1. The summed E-state index contributed by atoms with van der Waals surface area (Å²) in [5.74, 6) is 0.495. The molecule has 0 unspecified atom stereocenters. The Morgan fingerprint density at radius 2 is 1.74 bits per heavy atom. The van der Waals surface area contributed by atoms with Gasteiger partial charge >= 0.3 is 6.18 Å². The van der Waals surface area contributed by atoms with Crippen molar-refractivity contribution in [2.75, 3.05) is 18.4 Å². The van der Waals surface area contributed by atoms with Crippen LogP contribution >= 0.6 is 0 Å². The minimum absolute atomic E-state index is 0.149. The monoisotopic (exact) mass is 448 g/mol. The van der Waals surface area contributed by atoms with E-state index in [0.717, 1.165) is 28.3 Å². The maximum Gasteiger partial charge on any atom is 0.416 e. The first-order chi connectivity index (χ1) is 14.7. The van der Waals surface area contributed by atoms with E-state index >= 15 is 0 Å². The molecule has 0 bridgehead atoms. The highest BCUT2D eigenvalue weighted by molar-refractivity contribution is 7.92. The molecule has 6 nitrogen and oxygen atoms in total. The number of sulfonamides is 1. The van der Waals surface area contributed by atoms with Gasteiger partial charge in [-0.15, -0.1) is 10.2 Å². The van der Waals surface area contributed by atoms with Gasteiger partial charge in [0.2, 0.25) is 10.0 Å². The van der Waals surface area contributed by atoms with E-state index in [1.165, 1.54) is 16.4 Å². The highest BCUT2D eigenvalue weighted by Gasteiger charge is 2.31. The fourth-order valence-corrected chi connectivity index (χ4v) is 4.58. The van der Waals surface area contributed by atoms with Crippen LogP contribution in [0.1, 0.15) is 12.0 Å².